The third-order valence-corrected chi connectivity index (χ3v) is 3.97. The number of hydrazone groups is 1. The van der Waals surface area contributed by atoms with E-state index >= 15 is 0 Å². The van der Waals surface area contributed by atoms with Crippen molar-refractivity contribution in [3.8, 4) is 11.5 Å². The number of nitrogens with one attached hydrogen (secondary N) is 1. The lowest BCUT2D eigenvalue weighted by molar-refractivity contribution is -0.122. The second-order valence-electron chi connectivity index (χ2n) is 5.64. The minimum absolute atomic E-state index is 0.0771. The summed E-state index contributed by atoms with van der Waals surface area (Å²) in [4.78, 5) is 14.1. The van der Waals surface area contributed by atoms with Gasteiger partial charge >= 0.3 is 0 Å². The summed E-state index contributed by atoms with van der Waals surface area (Å²) in [6, 6.07) is 5.55. The van der Waals surface area contributed by atoms with Crippen LogP contribution in [0.3, 0.4) is 0 Å². The molecule has 1 aliphatic heterocycles. The van der Waals surface area contributed by atoms with E-state index in [0.717, 1.165) is 24.4 Å². The summed E-state index contributed by atoms with van der Waals surface area (Å²) in [5.74, 6) is 1.23. The summed E-state index contributed by atoms with van der Waals surface area (Å²) in [6.07, 6.45) is 3.59. The monoisotopic (exact) mass is 319 g/mol. The Morgan fingerprint density at radius 3 is 2.52 bits per heavy atom. The molecule has 23 heavy (non-hydrogen) atoms. The molecule has 1 fully saturated rings. The number of rotatable bonds is 6. The van der Waals surface area contributed by atoms with Crippen molar-refractivity contribution >= 4 is 11.6 Å². The van der Waals surface area contributed by atoms with Crippen LogP contribution in [0.4, 0.5) is 0 Å². The van der Waals surface area contributed by atoms with E-state index < -0.39 is 0 Å². The topological polar surface area (TPSA) is 63.2 Å². The van der Waals surface area contributed by atoms with E-state index in [4.69, 9.17) is 9.47 Å². The van der Waals surface area contributed by atoms with Crippen molar-refractivity contribution in [1.82, 2.24) is 10.3 Å². The van der Waals surface area contributed by atoms with Gasteiger partial charge in [-0.1, -0.05) is 6.42 Å². The molecule has 1 amide bonds. The molecule has 1 saturated heterocycles. The number of benzene rings is 1. The van der Waals surface area contributed by atoms with Gasteiger partial charge in [-0.25, -0.2) is 5.43 Å². The standard InChI is InChI=1S/C17H25N3O3/c1-13(14-7-8-15(22-2)16(11-14)23-3)18-19-17(21)12-20-9-5-4-6-10-20/h7-8,11H,4-6,9-10,12H2,1-3H3,(H,19,21)/b18-13+. The molecule has 0 spiro atoms. The van der Waals surface area contributed by atoms with Crippen LogP contribution >= 0.6 is 0 Å². The van der Waals surface area contributed by atoms with Crippen molar-refractivity contribution < 1.29 is 14.3 Å². The maximum Gasteiger partial charge on any atom is 0.254 e. The van der Waals surface area contributed by atoms with Crippen molar-refractivity contribution in [1.29, 1.82) is 0 Å². The summed E-state index contributed by atoms with van der Waals surface area (Å²) in [5, 5.41) is 4.18. The Labute approximate surface area is 137 Å². The van der Waals surface area contributed by atoms with Gasteiger partial charge in [-0.15, -0.1) is 0 Å². The van der Waals surface area contributed by atoms with Crippen LogP contribution in [0, 0.1) is 0 Å². The summed E-state index contributed by atoms with van der Waals surface area (Å²) in [7, 11) is 3.19. The Morgan fingerprint density at radius 2 is 1.87 bits per heavy atom. The predicted octanol–water partition coefficient (Wildman–Crippen LogP) is 2.03. The van der Waals surface area contributed by atoms with E-state index in [1.165, 1.54) is 19.3 Å². The smallest absolute Gasteiger partial charge is 0.254 e. The Bertz CT molecular complexity index is 566. The lowest BCUT2D eigenvalue weighted by atomic mass is 10.1. The zero-order valence-electron chi connectivity index (χ0n) is 14.1. The summed E-state index contributed by atoms with van der Waals surface area (Å²) in [6.45, 7) is 4.24. The highest BCUT2D eigenvalue weighted by molar-refractivity contribution is 5.99. The SMILES string of the molecule is COc1ccc(/C(C)=N/NC(=O)CN2CCCCC2)cc1OC. The first-order valence-corrected chi connectivity index (χ1v) is 7.92. The number of carbonyl (C=O) groups is 1. The molecule has 0 bridgehead atoms. The van der Waals surface area contributed by atoms with Gasteiger partial charge in [0.2, 0.25) is 0 Å². The molecular weight excluding hydrogens is 294 g/mol. The van der Waals surface area contributed by atoms with Crippen LogP contribution in [0.25, 0.3) is 0 Å². The maximum absolute atomic E-state index is 12.0. The summed E-state index contributed by atoms with van der Waals surface area (Å²) < 4.78 is 10.5. The average molecular weight is 319 g/mol. The van der Waals surface area contributed by atoms with E-state index in [1.807, 2.05) is 25.1 Å². The number of piperidine rings is 1. The molecule has 0 unspecified atom stereocenters. The second kappa shape index (κ2) is 8.53. The third-order valence-electron chi connectivity index (χ3n) is 3.97. The van der Waals surface area contributed by atoms with Gasteiger partial charge in [-0.3, -0.25) is 9.69 Å². The Balaban J connectivity index is 1.94. The van der Waals surface area contributed by atoms with Gasteiger partial charge in [-0.05, 0) is 51.1 Å². The number of nitrogens with zero attached hydrogens (tertiary/aromatic N) is 2. The van der Waals surface area contributed by atoms with Gasteiger partial charge in [0.1, 0.15) is 0 Å². The number of likely N-dealkylation sites (tertiary alicyclic amines) is 1. The Morgan fingerprint density at radius 1 is 1.17 bits per heavy atom. The van der Waals surface area contributed by atoms with Crippen molar-refractivity contribution in [3.63, 3.8) is 0 Å². The van der Waals surface area contributed by atoms with Crippen LogP contribution in [0.1, 0.15) is 31.7 Å². The number of hydrogen-bond acceptors (Lipinski definition) is 5. The first-order valence-electron chi connectivity index (χ1n) is 7.92. The first-order chi connectivity index (χ1) is 11.1. The number of methoxy groups -OCH3 is 2. The molecule has 6 heteroatoms. The average Bonchev–Trinajstić information content (AvgIpc) is 2.59. The van der Waals surface area contributed by atoms with E-state index in [0.29, 0.717) is 18.0 Å². The second-order valence-corrected chi connectivity index (χ2v) is 5.64. The zero-order valence-corrected chi connectivity index (χ0v) is 14.1. The number of hydrogen-bond donors (Lipinski definition) is 1. The fourth-order valence-corrected chi connectivity index (χ4v) is 2.63. The number of ether oxygens (including phenoxy) is 2. The lowest BCUT2D eigenvalue weighted by Crippen LogP contribution is -2.38. The molecular formula is C17H25N3O3. The highest BCUT2D eigenvalue weighted by Crippen LogP contribution is 2.27. The fourth-order valence-electron chi connectivity index (χ4n) is 2.63. The van der Waals surface area contributed by atoms with E-state index in [-0.39, 0.29) is 5.91 Å². The molecule has 0 radical (unpaired) electrons. The first kappa shape index (κ1) is 17.3. The molecule has 0 saturated carbocycles. The highest BCUT2D eigenvalue weighted by atomic mass is 16.5. The Kier molecular flexibility index (Phi) is 6.40. The van der Waals surface area contributed by atoms with Crippen LogP contribution < -0.4 is 14.9 Å². The molecule has 0 aliphatic carbocycles. The maximum atomic E-state index is 12.0. The van der Waals surface area contributed by atoms with Gasteiger partial charge < -0.3 is 9.47 Å². The normalized spacial score (nSPS) is 16.0. The van der Waals surface area contributed by atoms with Gasteiger partial charge in [-0.2, -0.15) is 5.10 Å². The van der Waals surface area contributed by atoms with Gasteiger partial charge in [0, 0.05) is 5.56 Å². The molecule has 1 aromatic rings. The lowest BCUT2D eigenvalue weighted by Gasteiger charge is -2.25. The molecule has 2 rings (SSSR count). The van der Waals surface area contributed by atoms with Gasteiger partial charge in [0.05, 0.1) is 26.5 Å². The molecule has 0 atom stereocenters. The summed E-state index contributed by atoms with van der Waals surface area (Å²) in [5.41, 5.74) is 4.23. The molecule has 1 N–H and O–H groups in total. The van der Waals surface area contributed by atoms with Crippen molar-refractivity contribution in [2.45, 2.75) is 26.2 Å². The van der Waals surface area contributed by atoms with Crippen LogP contribution in [0.5, 0.6) is 11.5 Å². The van der Waals surface area contributed by atoms with E-state index in [9.17, 15) is 4.79 Å². The van der Waals surface area contributed by atoms with Crippen LogP contribution in [-0.4, -0.2) is 50.4 Å². The number of amides is 1. The Hall–Kier alpha value is -2.08. The van der Waals surface area contributed by atoms with E-state index in [2.05, 4.69) is 15.4 Å². The molecule has 6 nitrogen and oxygen atoms in total. The van der Waals surface area contributed by atoms with Crippen LogP contribution in [0.2, 0.25) is 0 Å². The van der Waals surface area contributed by atoms with E-state index in [1.54, 1.807) is 14.2 Å². The molecule has 1 aliphatic rings. The molecule has 0 aromatic heterocycles. The quantitative estimate of drug-likeness (QED) is 0.644. The largest absolute Gasteiger partial charge is 0.493 e. The van der Waals surface area contributed by atoms with Crippen molar-refractivity contribution in [2.24, 2.45) is 5.10 Å². The fraction of sp³-hybridized carbons (Fsp3) is 0.529. The van der Waals surface area contributed by atoms with Crippen LogP contribution in [-0.2, 0) is 4.79 Å². The van der Waals surface area contributed by atoms with Crippen molar-refractivity contribution in [3.05, 3.63) is 23.8 Å². The summed E-state index contributed by atoms with van der Waals surface area (Å²) >= 11 is 0. The third kappa shape index (κ3) is 4.96. The minimum Gasteiger partial charge on any atom is -0.493 e. The van der Waals surface area contributed by atoms with Gasteiger partial charge in [0.25, 0.3) is 5.91 Å². The van der Waals surface area contributed by atoms with Gasteiger partial charge in [0.15, 0.2) is 11.5 Å². The molecule has 1 heterocycles. The predicted molar refractivity (Wildman–Crippen MR) is 90.2 cm³/mol. The molecule has 1 aromatic carbocycles. The highest BCUT2D eigenvalue weighted by Gasteiger charge is 2.13. The minimum atomic E-state index is -0.0771. The van der Waals surface area contributed by atoms with Crippen LogP contribution in [0.15, 0.2) is 23.3 Å². The zero-order chi connectivity index (χ0) is 16.7. The van der Waals surface area contributed by atoms with Crippen molar-refractivity contribution in [2.75, 3.05) is 33.9 Å². The molecule has 126 valence electrons. The number of carbonyl (C=O) groups excluding carboxylic acids is 1.